The van der Waals surface area contributed by atoms with Crippen molar-refractivity contribution in [3.63, 3.8) is 0 Å². The van der Waals surface area contributed by atoms with Gasteiger partial charge in [0.15, 0.2) is 0 Å². The van der Waals surface area contributed by atoms with Crippen LogP contribution < -0.4 is 5.32 Å². The lowest BCUT2D eigenvalue weighted by Gasteiger charge is -2.12. The molecule has 0 saturated carbocycles. The first-order chi connectivity index (χ1) is 8.61. The van der Waals surface area contributed by atoms with E-state index in [2.05, 4.69) is 43.2 Å². The summed E-state index contributed by atoms with van der Waals surface area (Å²) in [7, 11) is 0. The molecule has 96 valence electrons. The fourth-order valence-corrected chi connectivity index (χ4v) is 2.25. The first kappa shape index (κ1) is 13.2. The largest absolute Gasteiger partial charge is 0.361 e. The van der Waals surface area contributed by atoms with Crippen LogP contribution in [0.1, 0.15) is 26.3 Å². The Bertz CT molecular complexity index is 569. The van der Waals surface area contributed by atoms with Gasteiger partial charge in [0, 0.05) is 28.2 Å². The number of aromatic nitrogens is 1. The summed E-state index contributed by atoms with van der Waals surface area (Å²) >= 11 is 5.98. The summed E-state index contributed by atoms with van der Waals surface area (Å²) in [4.78, 5) is 3.26. The van der Waals surface area contributed by atoms with Crippen molar-refractivity contribution in [2.75, 3.05) is 6.54 Å². The molecule has 0 bridgehead atoms. The average molecular weight is 263 g/mol. The number of hydrogen-bond acceptors (Lipinski definition) is 1. The second kappa shape index (κ2) is 5.59. The topological polar surface area (TPSA) is 27.8 Å². The Morgan fingerprint density at radius 3 is 3.00 bits per heavy atom. The minimum Gasteiger partial charge on any atom is -0.361 e. The predicted octanol–water partition coefficient (Wildman–Crippen LogP) is 4.22. The summed E-state index contributed by atoms with van der Waals surface area (Å²) < 4.78 is 0. The van der Waals surface area contributed by atoms with E-state index in [0.717, 1.165) is 17.1 Å². The van der Waals surface area contributed by atoms with E-state index in [1.165, 1.54) is 16.5 Å². The van der Waals surface area contributed by atoms with Crippen LogP contribution in [-0.2, 0) is 0 Å². The number of nitrogens with one attached hydrogen (secondary N) is 2. The van der Waals surface area contributed by atoms with Crippen molar-refractivity contribution in [1.82, 2.24) is 10.3 Å². The lowest BCUT2D eigenvalue weighted by Crippen LogP contribution is -2.26. The van der Waals surface area contributed by atoms with Crippen LogP contribution in [-0.4, -0.2) is 17.6 Å². The lowest BCUT2D eigenvalue weighted by atomic mass is 10.1. The molecule has 2 N–H and O–H groups in total. The van der Waals surface area contributed by atoms with Crippen LogP contribution in [0, 0.1) is 0 Å². The molecule has 0 amide bonds. The molecule has 0 aliphatic heterocycles. The quantitative estimate of drug-likeness (QED) is 0.848. The van der Waals surface area contributed by atoms with Crippen LogP contribution >= 0.6 is 11.6 Å². The highest BCUT2D eigenvalue weighted by Crippen LogP contribution is 2.24. The van der Waals surface area contributed by atoms with Gasteiger partial charge in [-0.15, -0.1) is 0 Å². The van der Waals surface area contributed by atoms with Crippen LogP contribution in [0.5, 0.6) is 0 Å². The Morgan fingerprint density at radius 1 is 1.50 bits per heavy atom. The van der Waals surface area contributed by atoms with E-state index in [1.54, 1.807) is 0 Å². The standard InChI is InChI=1S/C15H19ClN2/c1-4-17-11(3)10(2)7-12-9-18-15-8-13(16)5-6-14(12)15/h5-9,11,17-18H,4H2,1-3H3/b10-7+. The Labute approximate surface area is 113 Å². The number of benzene rings is 1. The van der Waals surface area contributed by atoms with E-state index in [9.17, 15) is 0 Å². The molecule has 0 saturated heterocycles. The van der Waals surface area contributed by atoms with Gasteiger partial charge in [-0.2, -0.15) is 0 Å². The number of aromatic amines is 1. The molecule has 2 rings (SSSR count). The smallest absolute Gasteiger partial charge is 0.0475 e. The maximum atomic E-state index is 5.98. The van der Waals surface area contributed by atoms with E-state index >= 15 is 0 Å². The van der Waals surface area contributed by atoms with Crippen LogP contribution in [0.4, 0.5) is 0 Å². The second-order valence-corrected chi connectivity index (χ2v) is 5.04. The number of H-pyrrole nitrogens is 1. The number of halogens is 1. The Balaban J connectivity index is 2.34. The van der Waals surface area contributed by atoms with Gasteiger partial charge in [-0.1, -0.05) is 36.2 Å². The Hall–Kier alpha value is -1.25. The molecule has 0 radical (unpaired) electrons. The van der Waals surface area contributed by atoms with Crippen molar-refractivity contribution in [3.8, 4) is 0 Å². The molecule has 1 atom stereocenters. The molecule has 0 spiro atoms. The number of fused-ring (bicyclic) bond motifs is 1. The number of likely N-dealkylation sites (N-methyl/N-ethyl adjacent to an activating group) is 1. The zero-order valence-corrected chi connectivity index (χ0v) is 11.8. The molecular weight excluding hydrogens is 244 g/mol. The fourth-order valence-electron chi connectivity index (χ4n) is 2.08. The molecule has 0 aliphatic carbocycles. The van der Waals surface area contributed by atoms with E-state index < -0.39 is 0 Å². The summed E-state index contributed by atoms with van der Waals surface area (Å²) in [6, 6.07) is 6.34. The summed E-state index contributed by atoms with van der Waals surface area (Å²) in [5, 5.41) is 5.39. The molecule has 1 aromatic carbocycles. The van der Waals surface area contributed by atoms with Crippen molar-refractivity contribution in [1.29, 1.82) is 0 Å². The maximum absolute atomic E-state index is 5.98. The maximum Gasteiger partial charge on any atom is 0.0475 e. The van der Waals surface area contributed by atoms with Crippen LogP contribution in [0.2, 0.25) is 5.02 Å². The first-order valence-corrected chi connectivity index (χ1v) is 6.68. The normalized spacial score (nSPS) is 14.1. The Morgan fingerprint density at radius 2 is 2.28 bits per heavy atom. The van der Waals surface area contributed by atoms with Gasteiger partial charge in [-0.3, -0.25) is 0 Å². The monoisotopic (exact) mass is 262 g/mol. The van der Waals surface area contributed by atoms with Crippen molar-refractivity contribution >= 4 is 28.6 Å². The highest BCUT2D eigenvalue weighted by atomic mass is 35.5. The number of hydrogen-bond donors (Lipinski definition) is 2. The lowest BCUT2D eigenvalue weighted by molar-refractivity contribution is 0.636. The Kier molecular flexibility index (Phi) is 4.10. The molecular formula is C15H19ClN2. The molecule has 2 nitrogen and oxygen atoms in total. The minimum atomic E-state index is 0.396. The van der Waals surface area contributed by atoms with Crippen molar-refractivity contribution in [3.05, 3.63) is 40.6 Å². The molecule has 0 fully saturated rings. The highest BCUT2D eigenvalue weighted by Gasteiger charge is 2.05. The van der Waals surface area contributed by atoms with Crippen LogP contribution in [0.15, 0.2) is 30.0 Å². The predicted molar refractivity (Wildman–Crippen MR) is 80.1 cm³/mol. The molecule has 1 unspecified atom stereocenters. The molecule has 0 aliphatic rings. The van der Waals surface area contributed by atoms with Crippen LogP contribution in [0.3, 0.4) is 0 Å². The summed E-state index contributed by atoms with van der Waals surface area (Å²) in [5.41, 5.74) is 3.62. The van der Waals surface area contributed by atoms with E-state index in [4.69, 9.17) is 11.6 Å². The first-order valence-electron chi connectivity index (χ1n) is 6.30. The van der Waals surface area contributed by atoms with Gasteiger partial charge < -0.3 is 10.3 Å². The van der Waals surface area contributed by atoms with Gasteiger partial charge in [0.1, 0.15) is 0 Å². The van der Waals surface area contributed by atoms with Gasteiger partial charge in [0.25, 0.3) is 0 Å². The fraction of sp³-hybridized carbons (Fsp3) is 0.333. The van der Waals surface area contributed by atoms with Crippen molar-refractivity contribution < 1.29 is 0 Å². The SMILES string of the molecule is CCNC(C)/C(C)=C/c1c[nH]c2cc(Cl)ccc12. The minimum absolute atomic E-state index is 0.396. The van der Waals surface area contributed by atoms with Crippen molar-refractivity contribution in [2.24, 2.45) is 0 Å². The van der Waals surface area contributed by atoms with Gasteiger partial charge in [0.2, 0.25) is 0 Å². The van der Waals surface area contributed by atoms with Gasteiger partial charge >= 0.3 is 0 Å². The highest BCUT2D eigenvalue weighted by molar-refractivity contribution is 6.31. The molecule has 18 heavy (non-hydrogen) atoms. The van der Waals surface area contributed by atoms with Gasteiger partial charge in [-0.25, -0.2) is 0 Å². The van der Waals surface area contributed by atoms with Gasteiger partial charge in [0.05, 0.1) is 0 Å². The van der Waals surface area contributed by atoms with E-state index in [1.807, 2.05) is 18.3 Å². The van der Waals surface area contributed by atoms with Gasteiger partial charge in [-0.05, 0) is 38.1 Å². The zero-order valence-electron chi connectivity index (χ0n) is 11.0. The third kappa shape index (κ3) is 2.77. The van der Waals surface area contributed by atoms with E-state index in [0.29, 0.717) is 6.04 Å². The molecule has 3 heteroatoms. The summed E-state index contributed by atoms with van der Waals surface area (Å²) in [6.45, 7) is 7.44. The van der Waals surface area contributed by atoms with Crippen molar-refractivity contribution in [2.45, 2.75) is 26.8 Å². The molecule has 1 heterocycles. The average Bonchev–Trinajstić information content (AvgIpc) is 2.72. The zero-order chi connectivity index (χ0) is 13.1. The summed E-state index contributed by atoms with van der Waals surface area (Å²) in [5.74, 6) is 0. The third-order valence-corrected chi connectivity index (χ3v) is 3.49. The second-order valence-electron chi connectivity index (χ2n) is 4.60. The van der Waals surface area contributed by atoms with Crippen LogP contribution in [0.25, 0.3) is 17.0 Å². The third-order valence-electron chi connectivity index (χ3n) is 3.25. The summed E-state index contributed by atoms with van der Waals surface area (Å²) in [6.07, 6.45) is 4.25. The van der Waals surface area contributed by atoms with E-state index in [-0.39, 0.29) is 0 Å². The number of rotatable bonds is 4. The molecule has 1 aromatic heterocycles. The molecule has 2 aromatic rings.